The van der Waals surface area contributed by atoms with E-state index in [9.17, 15) is 0 Å². The number of rotatable bonds is 3. The van der Waals surface area contributed by atoms with Crippen LogP contribution in [-0.4, -0.2) is 25.7 Å². The maximum atomic E-state index is 5.07. The zero-order valence-electron chi connectivity index (χ0n) is 8.03. The lowest BCUT2D eigenvalue weighted by molar-refractivity contribution is 0.402. The largest absolute Gasteiger partial charge is 0.305 e. The van der Waals surface area contributed by atoms with Crippen LogP contribution in [0.2, 0.25) is 0 Å². The highest BCUT2D eigenvalue weighted by atomic mass is 16.8. The van der Waals surface area contributed by atoms with Gasteiger partial charge in [0, 0.05) is 6.54 Å². The minimum atomic E-state index is 0.728. The maximum absolute atomic E-state index is 5.07. The van der Waals surface area contributed by atoms with Gasteiger partial charge < -0.3 is 4.90 Å². The third-order valence-corrected chi connectivity index (χ3v) is 1.96. The molecule has 0 spiro atoms. The first-order valence-electron chi connectivity index (χ1n) is 4.40. The number of anilines is 1. The summed E-state index contributed by atoms with van der Waals surface area (Å²) in [6.07, 6.45) is 0. The van der Waals surface area contributed by atoms with E-state index < -0.39 is 0 Å². The van der Waals surface area contributed by atoms with E-state index in [1.165, 1.54) is 5.56 Å². The fraction of sp³-hybridized carbons (Fsp3) is 0.400. The van der Waals surface area contributed by atoms with Crippen LogP contribution in [-0.2, 0) is 11.4 Å². The summed E-state index contributed by atoms with van der Waals surface area (Å²) in [6.45, 7) is 1.70. The number of hydroxylamine groups is 1. The number of benzene rings is 1. The quantitative estimate of drug-likeness (QED) is 0.653. The van der Waals surface area contributed by atoms with Gasteiger partial charge in [0.25, 0.3) is 0 Å². The molecule has 0 bridgehead atoms. The van der Waals surface area contributed by atoms with E-state index in [4.69, 9.17) is 4.84 Å². The molecule has 1 aliphatic heterocycles. The summed E-state index contributed by atoms with van der Waals surface area (Å²) in [5, 5.41) is 1.87. The highest BCUT2D eigenvalue weighted by Gasteiger charge is 2.19. The Morgan fingerprint density at radius 1 is 1.46 bits per heavy atom. The molecule has 2 rings (SSSR count). The summed E-state index contributed by atoms with van der Waals surface area (Å²) in [6, 6.07) is 8.42. The number of hydrogen-bond donors (Lipinski definition) is 0. The lowest BCUT2D eigenvalue weighted by Gasteiger charge is -2.10. The van der Waals surface area contributed by atoms with Gasteiger partial charge in [0.2, 0.25) is 0 Å². The first kappa shape index (κ1) is 8.53. The summed E-state index contributed by atoms with van der Waals surface area (Å²) in [5.74, 6) is 0. The van der Waals surface area contributed by atoms with Crippen LogP contribution in [0.15, 0.2) is 24.3 Å². The van der Waals surface area contributed by atoms with E-state index in [-0.39, 0.29) is 0 Å². The SMILES string of the molecule is CN(C)Cc1cccc(N2CO2)c1. The molecule has 3 nitrogen and oxygen atoms in total. The first-order chi connectivity index (χ1) is 6.25. The molecule has 0 atom stereocenters. The van der Waals surface area contributed by atoms with Crippen LogP contribution in [0.3, 0.4) is 0 Å². The summed E-state index contributed by atoms with van der Waals surface area (Å²) >= 11 is 0. The van der Waals surface area contributed by atoms with Crippen molar-refractivity contribution >= 4 is 5.69 Å². The van der Waals surface area contributed by atoms with Crippen molar-refractivity contribution in [2.45, 2.75) is 6.54 Å². The van der Waals surface area contributed by atoms with E-state index in [0.29, 0.717) is 0 Å². The van der Waals surface area contributed by atoms with E-state index in [0.717, 1.165) is 19.0 Å². The number of nitrogens with zero attached hydrogens (tertiary/aromatic N) is 2. The zero-order chi connectivity index (χ0) is 9.26. The predicted octanol–water partition coefficient (Wildman–Crippen LogP) is 1.46. The summed E-state index contributed by atoms with van der Waals surface area (Å²) < 4.78 is 0. The molecule has 3 heteroatoms. The van der Waals surface area contributed by atoms with Gasteiger partial charge in [0.1, 0.15) is 0 Å². The Kier molecular flexibility index (Phi) is 2.20. The van der Waals surface area contributed by atoms with Crippen molar-refractivity contribution < 1.29 is 4.84 Å². The molecule has 0 unspecified atom stereocenters. The Bertz CT molecular complexity index is 295. The molecule has 0 saturated carbocycles. The zero-order valence-corrected chi connectivity index (χ0v) is 8.03. The minimum Gasteiger partial charge on any atom is -0.305 e. The van der Waals surface area contributed by atoms with Gasteiger partial charge in [0.15, 0.2) is 6.73 Å². The molecule has 13 heavy (non-hydrogen) atoms. The molecule has 0 aliphatic carbocycles. The van der Waals surface area contributed by atoms with Crippen LogP contribution in [0.4, 0.5) is 5.69 Å². The molecule has 1 aromatic rings. The van der Waals surface area contributed by atoms with E-state index >= 15 is 0 Å². The average molecular weight is 178 g/mol. The van der Waals surface area contributed by atoms with Crippen LogP contribution < -0.4 is 5.06 Å². The monoisotopic (exact) mass is 178 g/mol. The topological polar surface area (TPSA) is 18.8 Å². The fourth-order valence-electron chi connectivity index (χ4n) is 1.35. The Labute approximate surface area is 78.5 Å². The standard InChI is InChI=1S/C10H14N2O/c1-11(2)7-9-4-3-5-10(6-9)12-8-13-12/h3-6H,7-8H2,1-2H3. The van der Waals surface area contributed by atoms with Crippen LogP contribution >= 0.6 is 0 Å². The van der Waals surface area contributed by atoms with Crippen LogP contribution in [0.25, 0.3) is 0 Å². The molecule has 1 saturated heterocycles. The second-order valence-corrected chi connectivity index (χ2v) is 3.54. The Morgan fingerprint density at radius 3 is 2.85 bits per heavy atom. The molecule has 70 valence electrons. The van der Waals surface area contributed by atoms with Crippen LogP contribution in [0.5, 0.6) is 0 Å². The smallest absolute Gasteiger partial charge is 0.171 e. The minimum absolute atomic E-state index is 0.728. The second-order valence-electron chi connectivity index (χ2n) is 3.54. The lowest BCUT2D eigenvalue weighted by Crippen LogP contribution is -2.10. The first-order valence-corrected chi connectivity index (χ1v) is 4.40. The van der Waals surface area contributed by atoms with Crippen molar-refractivity contribution in [2.24, 2.45) is 0 Å². The second kappa shape index (κ2) is 3.36. The van der Waals surface area contributed by atoms with Crippen molar-refractivity contribution in [3.63, 3.8) is 0 Å². The summed E-state index contributed by atoms with van der Waals surface area (Å²) in [5.41, 5.74) is 2.47. The van der Waals surface area contributed by atoms with Crippen molar-refractivity contribution in [3.05, 3.63) is 29.8 Å². The molecule has 0 amide bonds. The van der Waals surface area contributed by atoms with Crippen LogP contribution in [0, 0.1) is 0 Å². The highest BCUT2D eigenvalue weighted by molar-refractivity contribution is 5.48. The van der Waals surface area contributed by atoms with Crippen molar-refractivity contribution in [2.75, 3.05) is 25.9 Å². The molecule has 1 aliphatic rings. The Morgan fingerprint density at radius 2 is 2.23 bits per heavy atom. The Hall–Kier alpha value is -1.06. The molecule has 1 fully saturated rings. The molecule has 1 heterocycles. The average Bonchev–Trinajstić information content (AvgIpc) is 2.85. The van der Waals surface area contributed by atoms with Gasteiger partial charge in [-0.3, -0.25) is 0 Å². The summed E-state index contributed by atoms with van der Waals surface area (Å²) in [7, 11) is 4.14. The lowest BCUT2D eigenvalue weighted by atomic mass is 10.2. The molecule has 0 aromatic heterocycles. The van der Waals surface area contributed by atoms with Gasteiger partial charge >= 0.3 is 0 Å². The third-order valence-electron chi connectivity index (χ3n) is 1.96. The van der Waals surface area contributed by atoms with Gasteiger partial charge in [0.05, 0.1) is 5.69 Å². The maximum Gasteiger partial charge on any atom is 0.171 e. The molecule has 1 aromatic carbocycles. The predicted molar refractivity (Wildman–Crippen MR) is 52.3 cm³/mol. The van der Waals surface area contributed by atoms with Gasteiger partial charge in [-0.25, -0.2) is 9.90 Å². The van der Waals surface area contributed by atoms with E-state index in [1.54, 1.807) is 0 Å². The van der Waals surface area contributed by atoms with Crippen molar-refractivity contribution in [1.29, 1.82) is 0 Å². The Balaban J connectivity index is 2.12. The van der Waals surface area contributed by atoms with Gasteiger partial charge in [-0.15, -0.1) is 0 Å². The fourth-order valence-corrected chi connectivity index (χ4v) is 1.35. The molecular weight excluding hydrogens is 164 g/mol. The van der Waals surface area contributed by atoms with Crippen molar-refractivity contribution in [3.8, 4) is 0 Å². The molecular formula is C10H14N2O. The van der Waals surface area contributed by atoms with Crippen LogP contribution in [0.1, 0.15) is 5.56 Å². The normalized spacial score (nSPS) is 15.2. The highest BCUT2D eigenvalue weighted by Crippen LogP contribution is 2.23. The van der Waals surface area contributed by atoms with Crippen molar-refractivity contribution in [1.82, 2.24) is 4.90 Å². The molecule has 0 N–H and O–H groups in total. The molecule has 0 radical (unpaired) electrons. The third kappa shape index (κ3) is 2.20. The number of hydrogen-bond acceptors (Lipinski definition) is 3. The van der Waals surface area contributed by atoms with Gasteiger partial charge in [-0.05, 0) is 31.8 Å². The summed E-state index contributed by atoms with van der Waals surface area (Å²) in [4.78, 5) is 7.23. The van der Waals surface area contributed by atoms with Gasteiger partial charge in [-0.2, -0.15) is 0 Å². The van der Waals surface area contributed by atoms with E-state index in [2.05, 4.69) is 43.3 Å². The van der Waals surface area contributed by atoms with Gasteiger partial charge in [-0.1, -0.05) is 12.1 Å². The van der Waals surface area contributed by atoms with E-state index in [1.807, 2.05) is 5.06 Å².